The van der Waals surface area contributed by atoms with E-state index in [1.165, 1.54) is 0 Å². The van der Waals surface area contributed by atoms with Crippen LogP contribution in [0.2, 0.25) is 0 Å². The van der Waals surface area contributed by atoms with Gasteiger partial charge >= 0.3 is 6.03 Å². The lowest BCUT2D eigenvalue weighted by molar-refractivity contribution is -0.122. The maximum Gasteiger partial charge on any atom is 0.315 e. The summed E-state index contributed by atoms with van der Waals surface area (Å²) < 4.78 is 1.82. The SMILES string of the molecule is CCn1cc(CNC(=O)N[C@@H](C(=O)NC)c2ccccc2)c(C)n1. The minimum absolute atomic E-state index is 0.272. The Hall–Kier alpha value is -2.83. The van der Waals surface area contributed by atoms with Gasteiger partial charge in [-0.15, -0.1) is 0 Å². The van der Waals surface area contributed by atoms with Crippen molar-refractivity contribution in [2.45, 2.75) is 33.0 Å². The molecule has 3 N–H and O–H groups in total. The molecule has 7 heteroatoms. The molecule has 0 fully saturated rings. The van der Waals surface area contributed by atoms with Crippen LogP contribution in [-0.2, 0) is 17.9 Å². The number of likely N-dealkylation sites (N-methyl/N-ethyl adjacent to an activating group) is 1. The minimum Gasteiger partial charge on any atom is -0.357 e. The van der Waals surface area contributed by atoms with Crippen molar-refractivity contribution < 1.29 is 9.59 Å². The average Bonchev–Trinajstić information content (AvgIpc) is 2.98. The van der Waals surface area contributed by atoms with E-state index in [0.717, 1.165) is 23.4 Å². The summed E-state index contributed by atoms with van der Waals surface area (Å²) in [6.45, 7) is 5.04. The molecule has 1 aromatic carbocycles. The molecule has 0 bridgehead atoms. The molecule has 24 heavy (non-hydrogen) atoms. The first-order chi connectivity index (χ1) is 11.5. The van der Waals surface area contributed by atoms with E-state index in [2.05, 4.69) is 21.0 Å². The van der Waals surface area contributed by atoms with Crippen LogP contribution in [0.3, 0.4) is 0 Å². The fourth-order valence-electron chi connectivity index (χ4n) is 2.34. The van der Waals surface area contributed by atoms with Crippen molar-refractivity contribution in [1.82, 2.24) is 25.7 Å². The molecule has 7 nitrogen and oxygen atoms in total. The molecular weight excluding hydrogens is 306 g/mol. The molecule has 0 saturated carbocycles. The van der Waals surface area contributed by atoms with E-state index in [-0.39, 0.29) is 5.91 Å². The molecule has 2 aromatic rings. The molecule has 0 aliphatic carbocycles. The second-order valence-corrected chi connectivity index (χ2v) is 5.38. The van der Waals surface area contributed by atoms with Gasteiger partial charge in [0.25, 0.3) is 0 Å². The number of carbonyl (C=O) groups is 2. The van der Waals surface area contributed by atoms with E-state index >= 15 is 0 Å². The summed E-state index contributed by atoms with van der Waals surface area (Å²) in [6.07, 6.45) is 1.91. The highest BCUT2D eigenvalue weighted by Gasteiger charge is 2.21. The number of urea groups is 1. The van der Waals surface area contributed by atoms with Gasteiger partial charge in [0, 0.05) is 31.9 Å². The van der Waals surface area contributed by atoms with Crippen molar-refractivity contribution in [3.63, 3.8) is 0 Å². The number of aromatic nitrogens is 2. The van der Waals surface area contributed by atoms with Gasteiger partial charge in [-0.2, -0.15) is 5.10 Å². The van der Waals surface area contributed by atoms with Crippen molar-refractivity contribution >= 4 is 11.9 Å². The zero-order valence-electron chi connectivity index (χ0n) is 14.2. The normalized spacial score (nSPS) is 11.6. The summed E-state index contributed by atoms with van der Waals surface area (Å²) in [7, 11) is 1.54. The lowest BCUT2D eigenvalue weighted by atomic mass is 10.1. The third-order valence-corrected chi connectivity index (χ3v) is 3.73. The fourth-order valence-corrected chi connectivity index (χ4v) is 2.34. The standard InChI is InChI=1S/C17H23N5O2/c1-4-22-11-14(12(2)21-22)10-19-17(24)20-15(16(23)18-3)13-8-6-5-7-9-13/h5-9,11,15H,4,10H2,1-3H3,(H,18,23)(H2,19,20,24)/t15-/m1/s1. The Kier molecular flexibility index (Phi) is 5.95. The first-order valence-electron chi connectivity index (χ1n) is 7.89. The predicted molar refractivity (Wildman–Crippen MR) is 91.3 cm³/mol. The lowest BCUT2D eigenvalue weighted by Gasteiger charge is -2.18. The number of nitrogens with zero attached hydrogens (tertiary/aromatic N) is 2. The summed E-state index contributed by atoms with van der Waals surface area (Å²) in [5, 5.41) is 12.4. The van der Waals surface area contributed by atoms with Crippen LogP contribution in [0.15, 0.2) is 36.5 Å². The zero-order chi connectivity index (χ0) is 17.5. The number of amides is 3. The van der Waals surface area contributed by atoms with Crippen molar-refractivity contribution in [1.29, 1.82) is 0 Å². The highest BCUT2D eigenvalue weighted by atomic mass is 16.2. The molecule has 2 rings (SSSR count). The van der Waals surface area contributed by atoms with Crippen LogP contribution in [0.4, 0.5) is 4.79 Å². The van der Waals surface area contributed by atoms with E-state index in [1.807, 2.05) is 42.9 Å². The number of nitrogens with one attached hydrogen (secondary N) is 3. The van der Waals surface area contributed by atoms with Crippen LogP contribution >= 0.6 is 0 Å². The number of rotatable bonds is 6. The van der Waals surface area contributed by atoms with E-state index in [4.69, 9.17) is 0 Å². The summed E-state index contributed by atoms with van der Waals surface area (Å²) >= 11 is 0. The topological polar surface area (TPSA) is 88.0 Å². The van der Waals surface area contributed by atoms with Gasteiger partial charge in [-0.25, -0.2) is 4.79 Å². The highest BCUT2D eigenvalue weighted by molar-refractivity contribution is 5.87. The molecule has 1 atom stereocenters. The molecule has 3 amide bonds. The second kappa shape index (κ2) is 8.14. The molecule has 0 saturated heterocycles. The Morgan fingerprint density at radius 1 is 1.25 bits per heavy atom. The van der Waals surface area contributed by atoms with Crippen LogP contribution in [-0.4, -0.2) is 28.8 Å². The monoisotopic (exact) mass is 329 g/mol. The van der Waals surface area contributed by atoms with Crippen LogP contribution in [0, 0.1) is 6.92 Å². The molecule has 0 radical (unpaired) electrons. The third-order valence-electron chi connectivity index (χ3n) is 3.73. The number of benzene rings is 1. The minimum atomic E-state index is -0.740. The van der Waals surface area contributed by atoms with Crippen LogP contribution in [0.25, 0.3) is 0 Å². The summed E-state index contributed by atoms with van der Waals surface area (Å²) in [6, 6.07) is 7.97. The molecule has 1 aromatic heterocycles. The lowest BCUT2D eigenvalue weighted by Crippen LogP contribution is -2.43. The van der Waals surface area contributed by atoms with Crippen molar-refractivity contribution in [2.75, 3.05) is 7.05 Å². The van der Waals surface area contributed by atoms with Gasteiger partial charge in [-0.05, 0) is 19.4 Å². The quantitative estimate of drug-likeness (QED) is 0.750. The number of aryl methyl sites for hydroxylation is 2. The molecule has 0 spiro atoms. The number of carbonyl (C=O) groups excluding carboxylic acids is 2. The molecular formula is C17H23N5O2. The maximum absolute atomic E-state index is 12.2. The maximum atomic E-state index is 12.2. The van der Waals surface area contributed by atoms with Gasteiger partial charge in [0.15, 0.2) is 0 Å². The third kappa shape index (κ3) is 4.34. The van der Waals surface area contributed by atoms with Gasteiger partial charge in [0.2, 0.25) is 5.91 Å². The van der Waals surface area contributed by atoms with E-state index in [1.54, 1.807) is 19.2 Å². The Morgan fingerprint density at radius 3 is 2.54 bits per heavy atom. The number of hydrogen-bond acceptors (Lipinski definition) is 3. The van der Waals surface area contributed by atoms with Gasteiger partial charge in [-0.3, -0.25) is 9.48 Å². The highest BCUT2D eigenvalue weighted by Crippen LogP contribution is 2.12. The Bertz CT molecular complexity index is 696. The average molecular weight is 329 g/mol. The first kappa shape index (κ1) is 17.5. The summed E-state index contributed by atoms with van der Waals surface area (Å²) in [5.41, 5.74) is 2.55. The number of hydrogen-bond donors (Lipinski definition) is 3. The fraction of sp³-hybridized carbons (Fsp3) is 0.353. The van der Waals surface area contributed by atoms with Gasteiger partial charge in [0.1, 0.15) is 6.04 Å². The second-order valence-electron chi connectivity index (χ2n) is 5.38. The zero-order valence-corrected chi connectivity index (χ0v) is 14.2. The molecule has 0 aliphatic rings. The largest absolute Gasteiger partial charge is 0.357 e. The summed E-state index contributed by atoms with van der Waals surface area (Å²) in [4.78, 5) is 24.2. The van der Waals surface area contributed by atoms with Crippen molar-refractivity contribution in [2.24, 2.45) is 0 Å². The van der Waals surface area contributed by atoms with Crippen molar-refractivity contribution in [3.8, 4) is 0 Å². The Morgan fingerprint density at radius 2 is 1.96 bits per heavy atom. The van der Waals surface area contributed by atoms with Crippen LogP contribution < -0.4 is 16.0 Å². The van der Waals surface area contributed by atoms with Gasteiger partial charge in [0.05, 0.1) is 5.69 Å². The van der Waals surface area contributed by atoms with E-state index < -0.39 is 12.1 Å². The molecule has 0 aliphatic heterocycles. The molecule has 0 unspecified atom stereocenters. The first-order valence-corrected chi connectivity index (χ1v) is 7.89. The Labute approximate surface area is 141 Å². The van der Waals surface area contributed by atoms with Gasteiger partial charge < -0.3 is 16.0 Å². The smallest absolute Gasteiger partial charge is 0.315 e. The molecule has 128 valence electrons. The summed E-state index contributed by atoms with van der Waals surface area (Å²) in [5.74, 6) is -0.272. The Balaban J connectivity index is 2.00. The molecule has 1 heterocycles. The van der Waals surface area contributed by atoms with E-state index in [0.29, 0.717) is 6.54 Å². The van der Waals surface area contributed by atoms with Crippen molar-refractivity contribution in [3.05, 3.63) is 53.3 Å². The van der Waals surface area contributed by atoms with Crippen LogP contribution in [0.5, 0.6) is 0 Å². The van der Waals surface area contributed by atoms with Gasteiger partial charge in [-0.1, -0.05) is 30.3 Å². The van der Waals surface area contributed by atoms with E-state index in [9.17, 15) is 9.59 Å². The predicted octanol–water partition coefficient (Wildman–Crippen LogP) is 1.50. The van der Waals surface area contributed by atoms with Crippen LogP contribution in [0.1, 0.15) is 29.8 Å².